The number of sulfonamides is 1. The van der Waals surface area contributed by atoms with E-state index in [1.807, 2.05) is 13.1 Å². The van der Waals surface area contributed by atoms with Crippen molar-refractivity contribution in [1.82, 2.24) is 5.32 Å². The van der Waals surface area contributed by atoms with E-state index >= 15 is 0 Å². The topological polar surface area (TPSA) is 58.2 Å². The highest BCUT2D eigenvalue weighted by Gasteiger charge is 2.21. The summed E-state index contributed by atoms with van der Waals surface area (Å²) in [6, 6.07) is 8.47. The first-order chi connectivity index (χ1) is 9.42. The predicted octanol–water partition coefficient (Wildman–Crippen LogP) is 3.58. The highest BCUT2D eigenvalue weighted by molar-refractivity contribution is 7.93. The van der Waals surface area contributed by atoms with Crippen molar-refractivity contribution in [2.24, 2.45) is 0 Å². The minimum Gasteiger partial charge on any atom is -0.316 e. The molecule has 108 valence electrons. The Labute approximate surface area is 131 Å². The minimum atomic E-state index is -3.73. The molecule has 1 aromatic heterocycles. The zero-order valence-electron chi connectivity index (χ0n) is 10.5. The summed E-state index contributed by atoms with van der Waals surface area (Å²) in [6.07, 6.45) is 0. The SMILES string of the molecule is CNCc1cccc(NS(=O)(=O)c2cc(Cl)sc2Cl)c1. The number of anilines is 1. The predicted molar refractivity (Wildman–Crippen MR) is 84.4 cm³/mol. The second-order valence-corrected chi connectivity index (χ2v) is 7.96. The number of benzene rings is 1. The standard InChI is InChI=1S/C12H12Cl2N2O2S2/c1-15-7-8-3-2-4-9(5-8)16-20(17,18)10-6-11(13)19-12(10)14/h2-6,15-16H,7H2,1H3. The lowest BCUT2D eigenvalue weighted by Gasteiger charge is -2.08. The highest BCUT2D eigenvalue weighted by Crippen LogP contribution is 2.35. The van der Waals surface area contributed by atoms with Gasteiger partial charge in [0.1, 0.15) is 9.23 Å². The normalized spacial score (nSPS) is 11.6. The molecule has 0 aliphatic rings. The molecule has 0 amide bonds. The number of nitrogens with one attached hydrogen (secondary N) is 2. The maximum atomic E-state index is 12.2. The Hall–Kier alpha value is -0.790. The summed E-state index contributed by atoms with van der Waals surface area (Å²) < 4.78 is 27.5. The van der Waals surface area contributed by atoms with E-state index in [4.69, 9.17) is 23.2 Å². The molecule has 0 fully saturated rings. The second kappa shape index (κ2) is 6.32. The van der Waals surface area contributed by atoms with Crippen LogP contribution in [-0.4, -0.2) is 15.5 Å². The molecule has 0 saturated carbocycles. The Kier molecular flexibility index (Phi) is 4.93. The van der Waals surface area contributed by atoms with Crippen molar-refractivity contribution in [2.45, 2.75) is 11.4 Å². The van der Waals surface area contributed by atoms with Gasteiger partial charge in [-0.05, 0) is 30.8 Å². The zero-order valence-corrected chi connectivity index (χ0v) is 13.6. The largest absolute Gasteiger partial charge is 0.316 e. The maximum Gasteiger partial charge on any atom is 0.264 e. The van der Waals surface area contributed by atoms with Crippen LogP contribution in [0.5, 0.6) is 0 Å². The maximum absolute atomic E-state index is 12.2. The average molecular weight is 351 g/mol. The van der Waals surface area contributed by atoms with Crippen molar-refractivity contribution < 1.29 is 8.42 Å². The van der Waals surface area contributed by atoms with Gasteiger partial charge < -0.3 is 5.32 Å². The van der Waals surface area contributed by atoms with Crippen LogP contribution in [0.4, 0.5) is 5.69 Å². The fourth-order valence-electron chi connectivity index (χ4n) is 1.67. The smallest absolute Gasteiger partial charge is 0.264 e. The molecule has 2 aromatic rings. The van der Waals surface area contributed by atoms with E-state index in [-0.39, 0.29) is 9.23 Å². The minimum absolute atomic E-state index is 0.00631. The number of hydrogen-bond donors (Lipinski definition) is 2. The quantitative estimate of drug-likeness (QED) is 0.866. The number of halogens is 2. The molecule has 0 radical (unpaired) electrons. The third kappa shape index (κ3) is 3.65. The van der Waals surface area contributed by atoms with Crippen LogP contribution in [0.1, 0.15) is 5.56 Å². The summed E-state index contributed by atoms with van der Waals surface area (Å²) in [6.45, 7) is 0.653. The van der Waals surface area contributed by atoms with E-state index in [2.05, 4.69) is 10.0 Å². The molecule has 8 heteroatoms. The van der Waals surface area contributed by atoms with Gasteiger partial charge in [0.05, 0.1) is 4.34 Å². The molecular weight excluding hydrogens is 339 g/mol. The van der Waals surface area contributed by atoms with Crippen molar-refractivity contribution >= 4 is 50.2 Å². The summed E-state index contributed by atoms with van der Waals surface area (Å²) >= 11 is 12.7. The molecule has 0 aliphatic heterocycles. The lowest BCUT2D eigenvalue weighted by molar-refractivity contribution is 0.601. The first-order valence-corrected chi connectivity index (χ1v) is 8.69. The van der Waals surface area contributed by atoms with Crippen LogP contribution in [-0.2, 0) is 16.6 Å². The summed E-state index contributed by atoms with van der Waals surface area (Å²) in [7, 11) is -1.91. The first-order valence-electron chi connectivity index (χ1n) is 5.63. The van der Waals surface area contributed by atoms with Crippen LogP contribution in [0.2, 0.25) is 8.67 Å². The van der Waals surface area contributed by atoms with Crippen LogP contribution >= 0.6 is 34.5 Å². The Morgan fingerprint density at radius 3 is 2.60 bits per heavy atom. The summed E-state index contributed by atoms with van der Waals surface area (Å²) in [5.41, 5.74) is 1.46. The van der Waals surface area contributed by atoms with Gasteiger partial charge in [0, 0.05) is 12.2 Å². The van der Waals surface area contributed by atoms with Crippen LogP contribution in [0, 0.1) is 0 Å². The molecule has 20 heavy (non-hydrogen) atoms. The average Bonchev–Trinajstić information content (AvgIpc) is 2.69. The van der Waals surface area contributed by atoms with Gasteiger partial charge in [0.15, 0.2) is 0 Å². The van der Waals surface area contributed by atoms with E-state index in [0.717, 1.165) is 16.9 Å². The molecule has 0 unspecified atom stereocenters. The van der Waals surface area contributed by atoms with Gasteiger partial charge in [-0.1, -0.05) is 35.3 Å². The van der Waals surface area contributed by atoms with Gasteiger partial charge in [-0.15, -0.1) is 11.3 Å². The highest BCUT2D eigenvalue weighted by atomic mass is 35.5. The summed E-state index contributed by atoms with van der Waals surface area (Å²) in [5, 5.41) is 3.00. The van der Waals surface area contributed by atoms with E-state index in [9.17, 15) is 8.42 Å². The van der Waals surface area contributed by atoms with Crippen molar-refractivity contribution in [2.75, 3.05) is 11.8 Å². The van der Waals surface area contributed by atoms with Crippen molar-refractivity contribution in [3.63, 3.8) is 0 Å². The number of hydrogen-bond acceptors (Lipinski definition) is 4. The molecule has 2 rings (SSSR count). The second-order valence-electron chi connectivity index (χ2n) is 4.02. The van der Waals surface area contributed by atoms with Gasteiger partial charge >= 0.3 is 0 Å². The van der Waals surface area contributed by atoms with Crippen LogP contribution in [0.25, 0.3) is 0 Å². The first kappa shape index (κ1) is 15.6. The van der Waals surface area contributed by atoms with Crippen molar-refractivity contribution in [1.29, 1.82) is 0 Å². The molecule has 0 spiro atoms. The fourth-order valence-corrected chi connectivity index (χ4v) is 4.87. The van der Waals surface area contributed by atoms with Crippen molar-refractivity contribution in [3.05, 3.63) is 44.6 Å². The Morgan fingerprint density at radius 2 is 2.00 bits per heavy atom. The monoisotopic (exact) mass is 350 g/mol. The van der Waals surface area contributed by atoms with E-state index in [0.29, 0.717) is 16.6 Å². The lowest BCUT2D eigenvalue weighted by Crippen LogP contribution is -2.13. The molecule has 1 aromatic carbocycles. The van der Waals surface area contributed by atoms with E-state index in [1.54, 1.807) is 18.2 Å². The van der Waals surface area contributed by atoms with Gasteiger partial charge in [-0.3, -0.25) is 4.72 Å². The molecule has 0 atom stereocenters. The molecule has 1 heterocycles. The molecule has 2 N–H and O–H groups in total. The van der Waals surface area contributed by atoms with Crippen LogP contribution in [0.15, 0.2) is 35.2 Å². The van der Waals surface area contributed by atoms with Gasteiger partial charge in [-0.2, -0.15) is 0 Å². The number of thiophene rings is 1. The van der Waals surface area contributed by atoms with Gasteiger partial charge in [0.2, 0.25) is 0 Å². The molecule has 0 aliphatic carbocycles. The van der Waals surface area contributed by atoms with Crippen LogP contribution in [0.3, 0.4) is 0 Å². The van der Waals surface area contributed by atoms with Gasteiger partial charge in [0.25, 0.3) is 10.0 Å². The third-order valence-corrected chi connectivity index (χ3v) is 5.61. The Bertz CT molecular complexity index is 714. The molecular formula is C12H12Cl2N2O2S2. The Balaban J connectivity index is 2.28. The fraction of sp³-hybridized carbons (Fsp3) is 0.167. The summed E-state index contributed by atoms with van der Waals surface area (Å²) in [5.74, 6) is 0. The third-order valence-electron chi connectivity index (χ3n) is 2.48. The molecule has 0 bridgehead atoms. The molecule has 4 nitrogen and oxygen atoms in total. The lowest BCUT2D eigenvalue weighted by atomic mass is 10.2. The van der Waals surface area contributed by atoms with Gasteiger partial charge in [-0.25, -0.2) is 8.42 Å². The Morgan fingerprint density at radius 1 is 1.25 bits per heavy atom. The van der Waals surface area contributed by atoms with E-state index in [1.165, 1.54) is 6.07 Å². The molecule has 0 saturated heterocycles. The number of rotatable bonds is 5. The van der Waals surface area contributed by atoms with Crippen molar-refractivity contribution in [3.8, 4) is 0 Å². The van der Waals surface area contributed by atoms with Crippen LogP contribution < -0.4 is 10.0 Å². The summed E-state index contributed by atoms with van der Waals surface area (Å²) in [4.78, 5) is -0.00631. The zero-order chi connectivity index (χ0) is 14.8. The van der Waals surface area contributed by atoms with E-state index < -0.39 is 10.0 Å².